The minimum absolute atomic E-state index is 0.277. The summed E-state index contributed by atoms with van der Waals surface area (Å²) in [6, 6.07) is 7.82. The van der Waals surface area contributed by atoms with Crippen molar-refractivity contribution in [2.75, 3.05) is 16.6 Å². The van der Waals surface area contributed by atoms with E-state index in [0.29, 0.717) is 12.5 Å². The second-order valence-electron chi connectivity index (χ2n) is 4.49. The normalized spacial score (nSPS) is 19.3. The van der Waals surface area contributed by atoms with Crippen molar-refractivity contribution >= 4 is 15.7 Å². The first-order valence-electron chi connectivity index (χ1n) is 5.61. The molecule has 1 aromatic carbocycles. The Kier molecular flexibility index (Phi) is 2.93. The molecule has 0 radical (unpaired) electrons. The molecule has 0 N–H and O–H groups in total. The van der Waals surface area contributed by atoms with E-state index in [1.165, 1.54) is 9.87 Å². The first-order chi connectivity index (χ1) is 7.50. The lowest BCUT2D eigenvalue weighted by Gasteiger charge is -2.18. The van der Waals surface area contributed by atoms with Gasteiger partial charge >= 0.3 is 0 Å². The fourth-order valence-corrected chi connectivity index (χ4v) is 3.52. The molecule has 4 heteroatoms. The Morgan fingerprint density at radius 2 is 2.06 bits per heavy atom. The summed E-state index contributed by atoms with van der Waals surface area (Å²) < 4.78 is 25.1. The van der Waals surface area contributed by atoms with Crippen molar-refractivity contribution < 1.29 is 8.42 Å². The Labute approximate surface area is 97.1 Å². The highest BCUT2D eigenvalue weighted by atomic mass is 32.2. The van der Waals surface area contributed by atoms with Gasteiger partial charge < -0.3 is 0 Å². The van der Waals surface area contributed by atoms with Gasteiger partial charge in [-0.1, -0.05) is 26.0 Å². The number of sulfonamides is 1. The Balaban J connectivity index is 2.38. The van der Waals surface area contributed by atoms with Crippen molar-refractivity contribution in [1.29, 1.82) is 0 Å². The molecular weight excluding hydrogens is 222 g/mol. The average Bonchev–Trinajstić information content (AvgIpc) is 2.58. The van der Waals surface area contributed by atoms with Crippen molar-refractivity contribution in [3.05, 3.63) is 29.8 Å². The smallest absolute Gasteiger partial charge is 0.235 e. The molecule has 88 valence electrons. The molecule has 0 amide bonds. The molecule has 0 bridgehead atoms. The number of benzene rings is 1. The lowest BCUT2D eigenvalue weighted by molar-refractivity contribution is 0.599. The van der Waals surface area contributed by atoms with Gasteiger partial charge in [-0.05, 0) is 30.0 Å². The summed E-state index contributed by atoms with van der Waals surface area (Å²) >= 11 is 0. The third kappa shape index (κ3) is 2.07. The third-order valence-electron chi connectivity index (χ3n) is 2.92. The lowest BCUT2D eigenvalue weighted by atomic mass is 10.0. The van der Waals surface area contributed by atoms with Gasteiger partial charge in [-0.2, -0.15) is 0 Å². The van der Waals surface area contributed by atoms with Crippen LogP contribution >= 0.6 is 0 Å². The maximum Gasteiger partial charge on any atom is 0.235 e. The van der Waals surface area contributed by atoms with Gasteiger partial charge in [0.2, 0.25) is 10.0 Å². The van der Waals surface area contributed by atoms with Crippen molar-refractivity contribution in [2.24, 2.45) is 0 Å². The average molecular weight is 239 g/mol. The summed E-state index contributed by atoms with van der Waals surface area (Å²) in [5.41, 5.74) is 1.99. The second kappa shape index (κ2) is 4.09. The number of nitrogens with zero attached hydrogens (tertiary/aromatic N) is 1. The Bertz CT molecular complexity index is 480. The predicted molar refractivity (Wildman–Crippen MR) is 66.3 cm³/mol. The van der Waals surface area contributed by atoms with E-state index in [4.69, 9.17) is 0 Å². The van der Waals surface area contributed by atoms with Crippen LogP contribution in [0.4, 0.5) is 5.69 Å². The van der Waals surface area contributed by atoms with Gasteiger partial charge in [-0.25, -0.2) is 8.42 Å². The maximum absolute atomic E-state index is 11.8. The fourth-order valence-electron chi connectivity index (χ4n) is 1.97. The highest BCUT2D eigenvalue weighted by Gasteiger charge is 2.28. The Morgan fingerprint density at radius 1 is 1.31 bits per heavy atom. The summed E-state index contributed by atoms with van der Waals surface area (Å²) in [5.74, 6) is 0.698. The molecule has 1 fully saturated rings. The summed E-state index contributed by atoms with van der Waals surface area (Å²) in [5, 5.41) is 0. The number of rotatable bonds is 2. The van der Waals surface area contributed by atoms with Crippen molar-refractivity contribution in [1.82, 2.24) is 0 Å². The molecule has 1 heterocycles. The summed E-state index contributed by atoms with van der Waals surface area (Å²) in [7, 11) is -3.05. The minimum Gasteiger partial charge on any atom is -0.270 e. The van der Waals surface area contributed by atoms with E-state index in [2.05, 4.69) is 13.8 Å². The summed E-state index contributed by atoms with van der Waals surface area (Å²) in [4.78, 5) is 0. The molecule has 0 atom stereocenters. The highest BCUT2D eigenvalue weighted by Crippen LogP contribution is 2.26. The SMILES string of the molecule is CC(C)c1cccc(N2CCCS2(=O)=O)c1. The molecule has 0 unspecified atom stereocenters. The fraction of sp³-hybridized carbons (Fsp3) is 0.500. The van der Waals surface area contributed by atoms with E-state index in [9.17, 15) is 8.42 Å². The van der Waals surface area contributed by atoms with Crippen LogP contribution in [0.3, 0.4) is 0 Å². The molecule has 16 heavy (non-hydrogen) atoms. The Hall–Kier alpha value is -1.03. The first kappa shape index (κ1) is 11.5. The first-order valence-corrected chi connectivity index (χ1v) is 7.22. The van der Waals surface area contributed by atoms with Gasteiger partial charge in [0.15, 0.2) is 0 Å². The monoisotopic (exact) mass is 239 g/mol. The van der Waals surface area contributed by atoms with Gasteiger partial charge in [0.1, 0.15) is 0 Å². The molecule has 1 saturated heterocycles. The zero-order valence-corrected chi connectivity index (χ0v) is 10.5. The molecule has 2 rings (SSSR count). The van der Waals surface area contributed by atoms with E-state index in [0.717, 1.165) is 12.1 Å². The molecule has 0 aliphatic carbocycles. The number of anilines is 1. The van der Waals surface area contributed by atoms with E-state index < -0.39 is 10.0 Å². The summed E-state index contributed by atoms with van der Waals surface area (Å²) in [6.45, 7) is 4.83. The van der Waals surface area contributed by atoms with Crippen LogP contribution in [0.2, 0.25) is 0 Å². The molecule has 0 spiro atoms. The minimum atomic E-state index is -3.05. The number of hydrogen-bond acceptors (Lipinski definition) is 2. The molecular formula is C12H17NO2S. The third-order valence-corrected chi connectivity index (χ3v) is 4.79. The van der Waals surface area contributed by atoms with Crippen molar-refractivity contribution in [3.8, 4) is 0 Å². The van der Waals surface area contributed by atoms with Crippen LogP contribution in [0, 0.1) is 0 Å². The zero-order chi connectivity index (χ0) is 11.8. The standard InChI is InChI=1S/C12H17NO2S/c1-10(2)11-5-3-6-12(9-11)13-7-4-8-16(13,14)15/h3,5-6,9-10H,4,7-8H2,1-2H3. The van der Waals surface area contributed by atoms with Crippen LogP contribution in [-0.2, 0) is 10.0 Å². The van der Waals surface area contributed by atoms with E-state index in [1.807, 2.05) is 24.3 Å². The topological polar surface area (TPSA) is 37.4 Å². The van der Waals surface area contributed by atoms with Crippen LogP contribution in [0.5, 0.6) is 0 Å². The quantitative estimate of drug-likeness (QED) is 0.794. The zero-order valence-electron chi connectivity index (χ0n) is 9.68. The number of hydrogen-bond donors (Lipinski definition) is 0. The van der Waals surface area contributed by atoms with Crippen LogP contribution < -0.4 is 4.31 Å². The van der Waals surface area contributed by atoms with Gasteiger partial charge in [0.05, 0.1) is 11.4 Å². The van der Waals surface area contributed by atoms with Crippen LogP contribution in [0.15, 0.2) is 24.3 Å². The van der Waals surface area contributed by atoms with Crippen LogP contribution in [0.1, 0.15) is 31.7 Å². The lowest BCUT2D eigenvalue weighted by Crippen LogP contribution is -2.25. The van der Waals surface area contributed by atoms with E-state index >= 15 is 0 Å². The van der Waals surface area contributed by atoms with Gasteiger partial charge in [0, 0.05) is 6.54 Å². The van der Waals surface area contributed by atoms with Crippen LogP contribution in [0.25, 0.3) is 0 Å². The molecule has 0 saturated carbocycles. The molecule has 0 aromatic heterocycles. The molecule has 1 aliphatic heterocycles. The maximum atomic E-state index is 11.8. The van der Waals surface area contributed by atoms with Gasteiger partial charge in [-0.3, -0.25) is 4.31 Å². The largest absolute Gasteiger partial charge is 0.270 e. The van der Waals surface area contributed by atoms with Crippen molar-refractivity contribution in [3.63, 3.8) is 0 Å². The highest BCUT2D eigenvalue weighted by molar-refractivity contribution is 7.93. The van der Waals surface area contributed by atoms with Crippen molar-refractivity contribution in [2.45, 2.75) is 26.2 Å². The molecule has 3 nitrogen and oxygen atoms in total. The summed E-state index contributed by atoms with van der Waals surface area (Å²) in [6.07, 6.45) is 0.730. The second-order valence-corrected chi connectivity index (χ2v) is 6.50. The van der Waals surface area contributed by atoms with Crippen LogP contribution in [-0.4, -0.2) is 20.7 Å². The predicted octanol–water partition coefficient (Wildman–Crippen LogP) is 2.35. The molecule has 1 aliphatic rings. The van der Waals surface area contributed by atoms with E-state index in [1.54, 1.807) is 0 Å². The van der Waals surface area contributed by atoms with E-state index in [-0.39, 0.29) is 5.75 Å². The van der Waals surface area contributed by atoms with Gasteiger partial charge in [0.25, 0.3) is 0 Å². The Morgan fingerprint density at radius 3 is 2.62 bits per heavy atom. The van der Waals surface area contributed by atoms with Gasteiger partial charge in [-0.15, -0.1) is 0 Å². The molecule has 1 aromatic rings.